The molecule has 0 unspecified atom stereocenters. The molecule has 1 N–H and O–H groups in total. The molecule has 2 aromatic carbocycles. The van der Waals surface area contributed by atoms with Gasteiger partial charge in [-0.15, -0.1) is 16.1 Å². The molecule has 0 aliphatic carbocycles. The summed E-state index contributed by atoms with van der Waals surface area (Å²) in [4.78, 5) is 12.1. The lowest BCUT2D eigenvalue weighted by atomic mass is 10.1. The Morgan fingerprint density at radius 2 is 1.91 bits per heavy atom. The van der Waals surface area contributed by atoms with Gasteiger partial charge in [0.25, 0.3) is 0 Å². The van der Waals surface area contributed by atoms with Crippen molar-refractivity contribution in [1.29, 1.82) is 0 Å². The highest BCUT2D eigenvalue weighted by molar-refractivity contribution is 7.99. The van der Waals surface area contributed by atoms with Gasteiger partial charge in [-0.2, -0.15) is 8.78 Å². The summed E-state index contributed by atoms with van der Waals surface area (Å²) in [7, 11) is 0. The van der Waals surface area contributed by atoms with E-state index in [2.05, 4.69) is 14.1 Å². The minimum atomic E-state index is -3.96. The smallest absolute Gasteiger partial charge is 0.415 e. The third-order valence-electron chi connectivity index (χ3n) is 2.71. The summed E-state index contributed by atoms with van der Waals surface area (Å²) in [6.45, 7) is -0.188. The van der Waals surface area contributed by atoms with Crippen molar-refractivity contribution >= 4 is 40.5 Å². The molecule has 0 saturated carbocycles. The third-order valence-corrected chi connectivity index (χ3v) is 4.18. The Hall–Kier alpha value is -1.39. The van der Waals surface area contributed by atoms with Crippen LogP contribution < -0.4 is 0 Å². The minimum absolute atomic E-state index is 0.188. The number of halogens is 2. The number of alkyl halides is 2. The number of benzene rings is 2. The van der Waals surface area contributed by atoms with Gasteiger partial charge in [0.05, 0.1) is 0 Å². The molecule has 0 spiro atoms. The molecule has 0 aliphatic rings. The van der Waals surface area contributed by atoms with Crippen molar-refractivity contribution < 1.29 is 32.9 Å². The van der Waals surface area contributed by atoms with E-state index < -0.39 is 23.3 Å². The van der Waals surface area contributed by atoms with E-state index in [4.69, 9.17) is 5.26 Å². The molecule has 0 radical (unpaired) electrons. The molecule has 0 aliphatic heterocycles. The summed E-state index contributed by atoms with van der Waals surface area (Å²) in [5, 5.41) is 9.02. The van der Waals surface area contributed by atoms with Crippen LogP contribution in [-0.2, 0) is 18.9 Å². The van der Waals surface area contributed by atoms with Gasteiger partial charge in [-0.25, -0.2) is 10.1 Å². The summed E-state index contributed by atoms with van der Waals surface area (Å²) < 4.78 is 34.2. The van der Waals surface area contributed by atoms with Gasteiger partial charge < -0.3 is 4.74 Å². The standard InChI is InChI=1S/C14H12F2O5S2/c15-14(16,23-21-20-18)13(17)19-7-8-22-12-6-5-10-3-1-2-4-11(10)9-12/h1-6,9,18H,7-8H2. The number of esters is 1. The van der Waals surface area contributed by atoms with Crippen molar-refractivity contribution in [2.75, 3.05) is 12.4 Å². The number of ether oxygens (including phenoxy) is 1. The molecule has 0 bridgehead atoms. The van der Waals surface area contributed by atoms with E-state index in [-0.39, 0.29) is 6.61 Å². The molecule has 5 nitrogen and oxygen atoms in total. The Labute approximate surface area is 139 Å². The van der Waals surface area contributed by atoms with Crippen LogP contribution in [0.5, 0.6) is 0 Å². The summed E-state index contributed by atoms with van der Waals surface area (Å²) in [5.74, 6) is -1.44. The molecular weight excluding hydrogens is 350 g/mol. The highest BCUT2D eigenvalue weighted by Gasteiger charge is 2.44. The summed E-state index contributed by atoms with van der Waals surface area (Å²) >= 11 is 0.737. The molecule has 2 rings (SSSR count). The van der Waals surface area contributed by atoms with Gasteiger partial charge in [0.15, 0.2) is 0 Å². The van der Waals surface area contributed by atoms with Crippen LogP contribution >= 0.6 is 23.8 Å². The monoisotopic (exact) mass is 362 g/mol. The Bertz CT molecular complexity index is 668. The number of fused-ring (bicyclic) bond motifs is 1. The number of hydrogen-bond donors (Lipinski definition) is 1. The van der Waals surface area contributed by atoms with Crippen LogP contribution in [0.1, 0.15) is 0 Å². The van der Waals surface area contributed by atoms with Gasteiger partial charge >= 0.3 is 11.2 Å². The second kappa shape index (κ2) is 8.46. The van der Waals surface area contributed by atoms with E-state index in [1.54, 1.807) is 0 Å². The van der Waals surface area contributed by atoms with Crippen LogP contribution in [-0.4, -0.2) is 28.8 Å². The van der Waals surface area contributed by atoms with Crippen LogP contribution in [0.4, 0.5) is 8.78 Å². The molecular formula is C14H12F2O5S2. The molecule has 0 atom stereocenters. The number of rotatable bonds is 8. The molecule has 0 amide bonds. The molecule has 0 heterocycles. The Balaban J connectivity index is 1.79. The molecule has 23 heavy (non-hydrogen) atoms. The molecule has 2 aromatic rings. The fraction of sp³-hybridized carbons (Fsp3) is 0.214. The van der Waals surface area contributed by atoms with Gasteiger partial charge in [-0.1, -0.05) is 35.4 Å². The fourth-order valence-electron chi connectivity index (χ4n) is 1.73. The van der Waals surface area contributed by atoms with Crippen LogP contribution in [0, 0.1) is 0 Å². The summed E-state index contributed by atoms with van der Waals surface area (Å²) in [6, 6.07) is 13.7. The first-order chi connectivity index (χ1) is 11.0. The fourth-order valence-corrected chi connectivity index (χ4v) is 2.75. The van der Waals surface area contributed by atoms with Crippen molar-refractivity contribution in [3.63, 3.8) is 0 Å². The largest absolute Gasteiger partial charge is 0.460 e. The molecule has 0 aromatic heterocycles. The average molecular weight is 362 g/mol. The van der Waals surface area contributed by atoms with Gasteiger partial charge in [-0.05, 0) is 22.9 Å². The topological polar surface area (TPSA) is 65.0 Å². The molecule has 0 fully saturated rings. The van der Waals surface area contributed by atoms with Crippen LogP contribution in [0.3, 0.4) is 0 Å². The maximum atomic E-state index is 13.1. The maximum Gasteiger partial charge on any atom is 0.415 e. The number of carbonyl (C=O) groups is 1. The van der Waals surface area contributed by atoms with Gasteiger partial charge in [0, 0.05) is 10.6 Å². The highest BCUT2D eigenvalue weighted by Crippen LogP contribution is 2.31. The molecule has 9 heteroatoms. The lowest BCUT2D eigenvalue weighted by Crippen LogP contribution is -2.28. The Kier molecular flexibility index (Phi) is 6.60. The SMILES string of the molecule is O=C(OCCSc1ccc2ccccc2c1)C(F)(F)SOOO. The van der Waals surface area contributed by atoms with E-state index in [9.17, 15) is 13.6 Å². The highest BCUT2D eigenvalue weighted by atomic mass is 32.2. The normalized spacial score (nSPS) is 11.6. The zero-order valence-corrected chi connectivity index (χ0v) is 13.2. The lowest BCUT2D eigenvalue weighted by Gasteiger charge is -2.12. The maximum absolute atomic E-state index is 13.1. The van der Waals surface area contributed by atoms with E-state index in [1.165, 1.54) is 11.8 Å². The third kappa shape index (κ3) is 5.33. The molecule has 0 saturated heterocycles. The van der Waals surface area contributed by atoms with Crippen LogP contribution in [0.25, 0.3) is 10.8 Å². The zero-order chi connectivity index (χ0) is 16.7. The van der Waals surface area contributed by atoms with E-state index in [0.29, 0.717) is 5.75 Å². The molecule has 124 valence electrons. The zero-order valence-electron chi connectivity index (χ0n) is 11.6. The second-order valence-corrected chi connectivity index (χ2v) is 6.22. The summed E-state index contributed by atoms with van der Waals surface area (Å²) in [5.41, 5.74) is 0. The predicted molar refractivity (Wildman–Crippen MR) is 83.0 cm³/mol. The summed E-state index contributed by atoms with van der Waals surface area (Å²) in [6.07, 6.45) is 0. The first kappa shape index (κ1) is 18.0. The van der Waals surface area contributed by atoms with Crippen LogP contribution in [0.2, 0.25) is 0 Å². The van der Waals surface area contributed by atoms with Crippen molar-refractivity contribution in [2.45, 2.75) is 10.2 Å². The second-order valence-electron chi connectivity index (χ2n) is 4.24. The van der Waals surface area contributed by atoms with E-state index >= 15 is 0 Å². The van der Waals surface area contributed by atoms with E-state index in [1.807, 2.05) is 42.5 Å². The minimum Gasteiger partial charge on any atom is -0.460 e. The average Bonchev–Trinajstić information content (AvgIpc) is 2.56. The number of hydrogen-bond acceptors (Lipinski definition) is 7. The first-order valence-electron chi connectivity index (χ1n) is 6.35. The van der Waals surface area contributed by atoms with Crippen molar-refractivity contribution in [1.82, 2.24) is 0 Å². The quantitative estimate of drug-likeness (QED) is 0.189. The number of thioether (sulfide) groups is 1. The van der Waals surface area contributed by atoms with Gasteiger partial charge in [-0.3, -0.25) is 0 Å². The van der Waals surface area contributed by atoms with Crippen LogP contribution in [0.15, 0.2) is 47.4 Å². The Morgan fingerprint density at radius 3 is 2.65 bits per heavy atom. The van der Waals surface area contributed by atoms with Crippen molar-refractivity contribution in [3.8, 4) is 0 Å². The van der Waals surface area contributed by atoms with E-state index in [0.717, 1.165) is 15.7 Å². The first-order valence-corrected chi connectivity index (χ1v) is 8.08. The van der Waals surface area contributed by atoms with Gasteiger partial charge in [0.1, 0.15) is 18.6 Å². The Morgan fingerprint density at radius 1 is 1.17 bits per heavy atom. The van der Waals surface area contributed by atoms with Gasteiger partial charge in [0.2, 0.25) is 0 Å². The van der Waals surface area contributed by atoms with Crippen molar-refractivity contribution in [3.05, 3.63) is 42.5 Å². The number of carbonyl (C=O) groups excluding carboxylic acids is 1. The lowest BCUT2D eigenvalue weighted by molar-refractivity contribution is -0.433. The van der Waals surface area contributed by atoms with Crippen molar-refractivity contribution in [2.24, 2.45) is 0 Å². The predicted octanol–water partition coefficient (Wildman–Crippen LogP) is 4.14.